The topological polar surface area (TPSA) is 124 Å². The third kappa shape index (κ3) is 4.73. The third-order valence-electron chi connectivity index (χ3n) is 2.45. The van der Waals surface area contributed by atoms with Gasteiger partial charge in [-0.05, 0) is 30.7 Å². The van der Waals surface area contributed by atoms with Crippen molar-refractivity contribution in [3.8, 4) is 0 Å². The number of carbonyl (C=O) groups is 2. The van der Waals surface area contributed by atoms with Gasteiger partial charge in [-0.3, -0.25) is 14.2 Å². The number of rotatable bonds is 7. The van der Waals surface area contributed by atoms with E-state index >= 15 is 0 Å². The molecule has 0 aromatic heterocycles. The van der Waals surface area contributed by atoms with E-state index in [-0.39, 0.29) is 11.7 Å². The monoisotopic (exact) mass is 305 g/mol. The highest BCUT2D eigenvalue weighted by Crippen LogP contribution is 2.35. The molecular formula is C11H13FNO6P. The predicted octanol–water partition coefficient (Wildman–Crippen LogP) is 0.544. The summed E-state index contributed by atoms with van der Waals surface area (Å²) in [5, 5.41) is 19.2. The number of aliphatic carboxylic acids is 2. The highest BCUT2D eigenvalue weighted by Gasteiger charge is 2.29. The van der Waals surface area contributed by atoms with E-state index in [1.54, 1.807) is 0 Å². The molecule has 0 saturated carbocycles. The van der Waals surface area contributed by atoms with Crippen LogP contribution in [-0.2, 0) is 14.2 Å². The Morgan fingerprint density at radius 2 is 1.80 bits per heavy atom. The van der Waals surface area contributed by atoms with Crippen molar-refractivity contribution in [3.05, 3.63) is 30.1 Å². The largest absolute Gasteiger partial charge is 0.481 e. The summed E-state index contributed by atoms with van der Waals surface area (Å²) < 4.78 is 24.7. The number of halogens is 1. The third-order valence-corrected chi connectivity index (χ3v) is 4.11. The molecule has 4 N–H and O–H groups in total. The number of carboxylic acid groups (broad SMARTS) is 2. The molecule has 1 rings (SSSR count). The van der Waals surface area contributed by atoms with E-state index in [4.69, 9.17) is 10.2 Å². The Hall–Kier alpha value is -1.76. The van der Waals surface area contributed by atoms with E-state index in [9.17, 15) is 23.4 Å². The van der Waals surface area contributed by atoms with Crippen LogP contribution in [0.15, 0.2) is 24.3 Å². The summed E-state index contributed by atoms with van der Waals surface area (Å²) in [6.45, 7) is 0. The average molecular weight is 305 g/mol. The van der Waals surface area contributed by atoms with Crippen LogP contribution in [0.25, 0.3) is 0 Å². The Bertz CT molecular complexity index is 546. The maximum Gasteiger partial charge on any atom is 0.321 e. The molecule has 0 saturated heterocycles. The van der Waals surface area contributed by atoms with Gasteiger partial charge in [-0.2, -0.15) is 0 Å². The van der Waals surface area contributed by atoms with Crippen LogP contribution < -0.4 is 10.4 Å². The van der Waals surface area contributed by atoms with Crippen molar-refractivity contribution >= 4 is 24.8 Å². The van der Waals surface area contributed by atoms with Crippen LogP contribution >= 0.6 is 7.52 Å². The first-order valence-corrected chi connectivity index (χ1v) is 7.19. The molecule has 9 heteroatoms. The van der Waals surface area contributed by atoms with Crippen LogP contribution in [-0.4, -0.2) is 33.1 Å². The lowest BCUT2D eigenvalue weighted by atomic mass is 10.2. The van der Waals surface area contributed by atoms with Crippen LogP contribution in [0.3, 0.4) is 0 Å². The van der Waals surface area contributed by atoms with E-state index in [0.717, 1.165) is 24.3 Å². The van der Waals surface area contributed by atoms with Gasteiger partial charge in [0.15, 0.2) is 0 Å². The highest BCUT2D eigenvalue weighted by molar-refractivity contribution is 7.64. The fourth-order valence-corrected chi connectivity index (χ4v) is 2.80. The summed E-state index contributed by atoms with van der Waals surface area (Å²) in [7, 11) is -4.23. The minimum absolute atomic E-state index is 0.166. The fourth-order valence-electron chi connectivity index (χ4n) is 1.44. The van der Waals surface area contributed by atoms with Crippen molar-refractivity contribution in [2.24, 2.45) is 0 Å². The zero-order valence-electron chi connectivity index (χ0n) is 10.2. The van der Waals surface area contributed by atoms with Crippen LogP contribution in [0, 0.1) is 5.82 Å². The first-order chi connectivity index (χ1) is 9.22. The van der Waals surface area contributed by atoms with Gasteiger partial charge in [-0.1, -0.05) is 0 Å². The standard InChI is InChI=1S/C11H13FNO6P/c12-7-1-3-8(4-2-7)20(18,19)13-9(11(16)17)5-6-10(14)15/h1-4,9H,5-6H2,(H,14,15)(H,16,17)(H2,13,18,19). The zero-order chi connectivity index (χ0) is 15.3. The number of nitrogens with one attached hydrogen (secondary N) is 1. The molecule has 0 amide bonds. The summed E-state index contributed by atoms with van der Waals surface area (Å²) in [5.41, 5.74) is 0. The molecule has 0 radical (unpaired) electrons. The van der Waals surface area contributed by atoms with Crippen molar-refractivity contribution in [2.45, 2.75) is 18.9 Å². The van der Waals surface area contributed by atoms with Gasteiger partial charge in [0, 0.05) is 6.42 Å². The van der Waals surface area contributed by atoms with Gasteiger partial charge in [0.2, 0.25) is 0 Å². The summed E-state index contributed by atoms with van der Waals surface area (Å²) in [6.07, 6.45) is -0.816. The molecule has 0 aliphatic carbocycles. The lowest BCUT2D eigenvalue weighted by molar-refractivity contribution is -0.140. The minimum Gasteiger partial charge on any atom is -0.481 e. The normalized spacial score (nSPS) is 15.3. The summed E-state index contributed by atoms with van der Waals surface area (Å²) in [6, 6.07) is 2.55. The second-order valence-corrected chi connectivity index (χ2v) is 5.93. The van der Waals surface area contributed by atoms with Gasteiger partial charge in [0.1, 0.15) is 11.9 Å². The quantitative estimate of drug-likeness (QED) is 0.542. The number of hydrogen-bond donors (Lipinski definition) is 4. The maximum absolute atomic E-state index is 12.7. The Morgan fingerprint density at radius 3 is 2.25 bits per heavy atom. The Morgan fingerprint density at radius 1 is 1.25 bits per heavy atom. The van der Waals surface area contributed by atoms with Gasteiger partial charge >= 0.3 is 11.9 Å². The Labute approximate surface area is 113 Å². The molecule has 0 fully saturated rings. The molecule has 0 bridgehead atoms. The number of carboxylic acids is 2. The zero-order valence-corrected chi connectivity index (χ0v) is 11.1. The molecule has 2 unspecified atom stereocenters. The second kappa shape index (κ2) is 6.60. The van der Waals surface area contributed by atoms with Crippen molar-refractivity contribution in [1.29, 1.82) is 0 Å². The van der Waals surface area contributed by atoms with E-state index in [0.29, 0.717) is 0 Å². The predicted molar refractivity (Wildman–Crippen MR) is 67.3 cm³/mol. The molecule has 0 spiro atoms. The van der Waals surface area contributed by atoms with Gasteiger partial charge in [0.05, 0.1) is 5.30 Å². The fraction of sp³-hybridized carbons (Fsp3) is 0.273. The van der Waals surface area contributed by atoms with Crippen molar-refractivity contribution in [3.63, 3.8) is 0 Å². The molecule has 1 aromatic rings. The van der Waals surface area contributed by atoms with Crippen LogP contribution in [0.5, 0.6) is 0 Å². The molecule has 0 aliphatic heterocycles. The summed E-state index contributed by atoms with van der Waals surface area (Å²) in [4.78, 5) is 31.1. The Balaban J connectivity index is 2.85. The molecule has 1 aromatic carbocycles. The molecule has 20 heavy (non-hydrogen) atoms. The van der Waals surface area contributed by atoms with Gasteiger partial charge in [-0.25, -0.2) is 9.48 Å². The molecule has 2 atom stereocenters. The highest BCUT2D eigenvalue weighted by atomic mass is 31.2. The van der Waals surface area contributed by atoms with Crippen molar-refractivity contribution in [1.82, 2.24) is 5.09 Å². The first-order valence-electron chi connectivity index (χ1n) is 5.53. The molecule has 0 aliphatic rings. The first kappa shape index (κ1) is 16.3. The maximum atomic E-state index is 12.7. The SMILES string of the molecule is O=C(O)CCC(NP(=O)(O)c1ccc(F)cc1)C(=O)O. The van der Waals surface area contributed by atoms with Gasteiger partial charge in [0.25, 0.3) is 7.52 Å². The van der Waals surface area contributed by atoms with E-state index in [2.05, 4.69) is 0 Å². The number of hydrogen-bond acceptors (Lipinski definition) is 3. The average Bonchev–Trinajstić information content (AvgIpc) is 2.34. The number of benzene rings is 1. The van der Waals surface area contributed by atoms with Crippen LogP contribution in [0.2, 0.25) is 0 Å². The lowest BCUT2D eigenvalue weighted by Gasteiger charge is -2.18. The second-order valence-electron chi connectivity index (χ2n) is 4.00. The van der Waals surface area contributed by atoms with Crippen LogP contribution in [0.1, 0.15) is 12.8 Å². The Kier molecular flexibility index (Phi) is 5.38. The smallest absolute Gasteiger partial charge is 0.321 e. The lowest BCUT2D eigenvalue weighted by Crippen LogP contribution is -2.37. The van der Waals surface area contributed by atoms with Crippen molar-refractivity contribution < 1.29 is 33.7 Å². The summed E-state index contributed by atoms with van der Waals surface area (Å²) in [5.74, 6) is -3.26. The van der Waals surface area contributed by atoms with Crippen molar-refractivity contribution in [2.75, 3.05) is 0 Å². The van der Waals surface area contributed by atoms with Gasteiger partial charge < -0.3 is 15.1 Å². The summed E-state index contributed by atoms with van der Waals surface area (Å²) >= 11 is 0. The van der Waals surface area contributed by atoms with Crippen LogP contribution in [0.4, 0.5) is 4.39 Å². The molecular weight excluding hydrogens is 292 g/mol. The van der Waals surface area contributed by atoms with E-state index < -0.39 is 37.7 Å². The van der Waals surface area contributed by atoms with E-state index in [1.165, 1.54) is 0 Å². The minimum atomic E-state index is -4.23. The molecule has 7 nitrogen and oxygen atoms in total. The van der Waals surface area contributed by atoms with Gasteiger partial charge in [-0.15, -0.1) is 0 Å². The molecule has 110 valence electrons. The molecule has 0 heterocycles. The van der Waals surface area contributed by atoms with E-state index in [1.807, 2.05) is 5.09 Å².